The van der Waals surface area contributed by atoms with Gasteiger partial charge in [-0.05, 0) is 12.1 Å². The van der Waals surface area contributed by atoms with Crippen LogP contribution in [0, 0.1) is 15.9 Å². The van der Waals surface area contributed by atoms with Gasteiger partial charge in [-0.15, -0.1) is 0 Å². The van der Waals surface area contributed by atoms with Crippen LogP contribution in [0.4, 0.5) is 15.8 Å². The predicted octanol–water partition coefficient (Wildman–Crippen LogP) is 2.09. The highest BCUT2D eigenvalue weighted by Crippen LogP contribution is 2.33. The van der Waals surface area contributed by atoms with Crippen molar-refractivity contribution >= 4 is 17.3 Å². The Morgan fingerprint density at radius 3 is 2.80 bits per heavy atom. The van der Waals surface area contributed by atoms with Crippen molar-refractivity contribution in [3.05, 3.63) is 58.2 Å². The van der Waals surface area contributed by atoms with Crippen LogP contribution in [0.1, 0.15) is 10.4 Å². The van der Waals surface area contributed by atoms with Crippen molar-refractivity contribution in [3.8, 4) is 5.75 Å². The second-order valence-corrected chi connectivity index (χ2v) is 3.77. The van der Waals surface area contributed by atoms with E-state index in [0.29, 0.717) is 0 Å². The molecule has 2 N–H and O–H groups in total. The largest absolute Gasteiger partial charge is 0.505 e. The number of pyridine rings is 1. The van der Waals surface area contributed by atoms with E-state index in [4.69, 9.17) is 0 Å². The number of rotatable bonds is 3. The number of carbonyl (C=O) groups excluding carboxylic acids is 1. The number of aromatic nitrogens is 1. The van der Waals surface area contributed by atoms with Crippen LogP contribution in [0.2, 0.25) is 0 Å². The van der Waals surface area contributed by atoms with E-state index >= 15 is 0 Å². The number of carbonyl (C=O) groups is 1. The number of phenolic OH excluding ortho intramolecular Hbond substituents is 1. The number of anilines is 1. The first kappa shape index (κ1) is 13.4. The van der Waals surface area contributed by atoms with Crippen LogP contribution >= 0.6 is 0 Å². The van der Waals surface area contributed by atoms with Gasteiger partial charge in [0.2, 0.25) is 0 Å². The Kier molecular flexibility index (Phi) is 3.56. The van der Waals surface area contributed by atoms with Crippen molar-refractivity contribution in [1.82, 2.24) is 4.98 Å². The molecule has 0 saturated heterocycles. The lowest BCUT2D eigenvalue weighted by molar-refractivity contribution is -0.384. The molecule has 0 aliphatic rings. The maximum Gasteiger partial charge on any atom is 0.296 e. The molecule has 0 bridgehead atoms. The molecule has 0 aliphatic carbocycles. The number of hydrogen-bond acceptors (Lipinski definition) is 5. The van der Waals surface area contributed by atoms with E-state index in [2.05, 4.69) is 10.3 Å². The van der Waals surface area contributed by atoms with Crippen LogP contribution in [0.3, 0.4) is 0 Å². The summed E-state index contributed by atoms with van der Waals surface area (Å²) in [6.45, 7) is 0. The molecule has 1 aromatic carbocycles. The quantitative estimate of drug-likeness (QED) is 0.507. The Labute approximate surface area is 111 Å². The molecule has 2 aromatic rings. The number of amides is 1. The standard InChI is InChI=1S/C12H8FN3O4/c13-8-4-7(5-14-6-8)12(18)15-11-9(16(19)20)2-1-3-10(11)17/h1-6,17H,(H,15,18). The molecule has 2 rings (SSSR count). The molecule has 1 aromatic heterocycles. The molecule has 7 nitrogen and oxygen atoms in total. The Balaban J connectivity index is 2.35. The lowest BCUT2D eigenvalue weighted by Crippen LogP contribution is -2.13. The smallest absolute Gasteiger partial charge is 0.296 e. The minimum Gasteiger partial charge on any atom is -0.505 e. The van der Waals surface area contributed by atoms with Crippen molar-refractivity contribution in [2.45, 2.75) is 0 Å². The number of hydrogen-bond donors (Lipinski definition) is 2. The maximum absolute atomic E-state index is 13.0. The maximum atomic E-state index is 13.0. The number of nitrogens with one attached hydrogen (secondary N) is 1. The highest BCUT2D eigenvalue weighted by Gasteiger charge is 2.20. The second kappa shape index (κ2) is 5.31. The van der Waals surface area contributed by atoms with Crippen LogP contribution in [-0.4, -0.2) is 20.9 Å². The second-order valence-electron chi connectivity index (χ2n) is 3.77. The first-order chi connectivity index (χ1) is 9.49. The molecule has 0 atom stereocenters. The number of benzene rings is 1. The minimum atomic E-state index is -0.818. The molecule has 0 fully saturated rings. The SMILES string of the molecule is O=C(Nc1c(O)cccc1[N+](=O)[O-])c1cncc(F)c1. The van der Waals surface area contributed by atoms with Crippen LogP contribution in [0.15, 0.2) is 36.7 Å². The van der Waals surface area contributed by atoms with Crippen LogP contribution in [-0.2, 0) is 0 Å². The summed E-state index contributed by atoms with van der Waals surface area (Å²) in [5.41, 5.74) is -0.947. The van der Waals surface area contributed by atoms with Gasteiger partial charge in [-0.3, -0.25) is 19.9 Å². The fraction of sp³-hybridized carbons (Fsp3) is 0. The molecule has 0 unspecified atom stereocenters. The number of para-hydroxylation sites is 1. The predicted molar refractivity (Wildman–Crippen MR) is 66.9 cm³/mol. The topological polar surface area (TPSA) is 105 Å². The first-order valence-corrected chi connectivity index (χ1v) is 5.37. The first-order valence-electron chi connectivity index (χ1n) is 5.37. The zero-order valence-corrected chi connectivity index (χ0v) is 9.91. The van der Waals surface area contributed by atoms with E-state index in [1.807, 2.05) is 0 Å². The fourth-order valence-electron chi connectivity index (χ4n) is 1.53. The lowest BCUT2D eigenvalue weighted by atomic mass is 10.2. The summed E-state index contributed by atoms with van der Waals surface area (Å²) in [6.07, 6.45) is 2.02. The summed E-state index contributed by atoms with van der Waals surface area (Å²) < 4.78 is 13.0. The summed E-state index contributed by atoms with van der Waals surface area (Å²) >= 11 is 0. The van der Waals surface area contributed by atoms with Gasteiger partial charge in [0.1, 0.15) is 11.6 Å². The van der Waals surface area contributed by atoms with Crippen molar-refractivity contribution < 1.29 is 19.2 Å². The Hall–Kier alpha value is -3.03. The van der Waals surface area contributed by atoms with E-state index in [1.165, 1.54) is 12.1 Å². The van der Waals surface area contributed by atoms with E-state index in [1.54, 1.807) is 0 Å². The normalized spacial score (nSPS) is 10.1. The molecular formula is C12H8FN3O4. The molecule has 0 aliphatic heterocycles. The fourth-order valence-corrected chi connectivity index (χ4v) is 1.53. The van der Waals surface area contributed by atoms with Gasteiger partial charge in [-0.2, -0.15) is 0 Å². The van der Waals surface area contributed by atoms with Gasteiger partial charge < -0.3 is 10.4 Å². The van der Waals surface area contributed by atoms with Crippen LogP contribution < -0.4 is 5.32 Å². The highest BCUT2D eigenvalue weighted by molar-refractivity contribution is 6.06. The summed E-state index contributed by atoms with van der Waals surface area (Å²) in [5, 5.41) is 22.6. The van der Waals surface area contributed by atoms with Gasteiger partial charge in [-0.25, -0.2) is 4.39 Å². The van der Waals surface area contributed by atoms with E-state index in [9.17, 15) is 24.4 Å². The van der Waals surface area contributed by atoms with Gasteiger partial charge in [0.05, 0.1) is 16.7 Å². The number of nitro benzene ring substituents is 1. The summed E-state index contributed by atoms with van der Waals surface area (Å²) in [4.78, 5) is 25.4. The molecule has 1 amide bonds. The molecule has 0 spiro atoms. The molecular weight excluding hydrogens is 269 g/mol. The summed E-state index contributed by atoms with van der Waals surface area (Å²) in [6, 6.07) is 4.51. The Morgan fingerprint density at radius 2 is 2.15 bits per heavy atom. The number of nitro groups is 1. The average Bonchev–Trinajstić information content (AvgIpc) is 2.40. The van der Waals surface area contributed by atoms with E-state index in [0.717, 1.165) is 24.5 Å². The monoisotopic (exact) mass is 277 g/mol. The number of halogens is 1. The van der Waals surface area contributed by atoms with E-state index < -0.39 is 28.1 Å². The van der Waals surface area contributed by atoms with Crippen molar-refractivity contribution in [2.75, 3.05) is 5.32 Å². The molecule has 0 saturated carbocycles. The number of nitrogens with zero attached hydrogens (tertiary/aromatic N) is 2. The van der Waals surface area contributed by atoms with Crippen molar-refractivity contribution in [3.63, 3.8) is 0 Å². The molecule has 20 heavy (non-hydrogen) atoms. The highest BCUT2D eigenvalue weighted by atomic mass is 19.1. The zero-order chi connectivity index (χ0) is 14.7. The van der Waals surface area contributed by atoms with Crippen molar-refractivity contribution in [2.24, 2.45) is 0 Å². The third-order valence-electron chi connectivity index (χ3n) is 2.42. The Bertz CT molecular complexity index is 690. The zero-order valence-electron chi connectivity index (χ0n) is 9.91. The number of phenols is 1. The van der Waals surface area contributed by atoms with Gasteiger partial charge in [0, 0.05) is 12.3 Å². The average molecular weight is 277 g/mol. The van der Waals surface area contributed by atoms with Gasteiger partial charge in [0.25, 0.3) is 11.6 Å². The third kappa shape index (κ3) is 2.69. The number of aromatic hydroxyl groups is 1. The summed E-state index contributed by atoms with van der Waals surface area (Å²) in [7, 11) is 0. The lowest BCUT2D eigenvalue weighted by Gasteiger charge is -2.07. The van der Waals surface area contributed by atoms with Crippen LogP contribution in [0.5, 0.6) is 5.75 Å². The molecule has 1 heterocycles. The van der Waals surface area contributed by atoms with Gasteiger partial charge >= 0.3 is 0 Å². The summed E-state index contributed by atoms with van der Waals surface area (Å²) in [5.74, 6) is -2.00. The van der Waals surface area contributed by atoms with Gasteiger partial charge in [0.15, 0.2) is 5.69 Å². The van der Waals surface area contributed by atoms with Crippen molar-refractivity contribution in [1.29, 1.82) is 0 Å². The van der Waals surface area contributed by atoms with Gasteiger partial charge in [-0.1, -0.05) is 6.07 Å². The molecule has 8 heteroatoms. The molecule has 0 radical (unpaired) electrons. The van der Waals surface area contributed by atoms with Crippen LogP contribution in [0.25, 0.3) is 0 Å². The minimum absolute atomic E-state index is 0.123. The third-order valence-corrected chi connectivity index (χ3v) is 2.42. The Morgan fingerprint density at radius 1 is 1.40 bits per heavy atom. The molecule has 102 valence electrons. The van der Waals surface area contributed by atoms with E-state index in [-0.39, 0.29) is 11.3 Å².